The smallest absolute Gasteiger partial charge is 0.221 e. The topological polar surface area (TPSA) is 17.1 Å². The monoisotopic (exact) mass is 364 g/mol. The summed E-state index contributed by atoms with van der Waals surface area (Å²) in [4.78, 5) is 10.2. The maximum atomic E-state index is 10.2. The van der Waals surface area contributed by atoms with Crippen molar-refractivity contribution in [2.24, 2.45) is 0 Å². The van der Waals surface area contributed by atoms with Crippen molar-refractivity contribution in [2.45, 2.75) is 45.4 Å². The molecule has 4 aromatic rings. The molecule has 0 amide bonds. The highest BCUT2D eigenvalue weighted by molar-refractivity contribution is 6.63. The predicted octanol–water partition coefficient (Wildman–Crippen LogP) is 7.70. The van der Waals surface area contributed by atoms with Crippen LogP contribution in [0.3, 0.4) is 0 Å². The molecule has 0 fully saturated rings. The number of halogens is 1. The summed E-state index contributed by atoms with van der Waals surface area (Å²) in [5, 5.41) is 7.94. The molecule has 0 unspecified atom stereocenters. The van der Waals surface area contributed by atoms with Gasteiger partial charge in [0.25, 0.3) is 0 Å². The number of carbonyl (C=O) groups excluding carboxylic acids is 1. The molecular formula is C24H25ClO. The van der Waals surface area contributed by atoms with Crippen molar-refractivity contribution in [1.82, 2.24) is 0 Å². The van der Waals surface area contributed by atoms with E-state index in [0.29, 0.717) is 6.42 Å². The zero-order chi connectivity index (χ0) is 18.4. The molecule has 0 spiro atoms. The van der Waals surface area contributed by atoms with Gasteiger partial charge in [-0.2, -0.15) is 0 Å². The molecule has 2 heteroatoms. The van der Waals surface area contributed by atoms with Crippen molar-refractivity contribution in [3.63, 3.8) is 0 Å². The average Bonchev–Trinajstić information content (AvgIpc) is 2.66. The lowest BCUT2D eigenvalue weighted by Gasteiger charge is -2.09. The van der Waals surface area contributed by atoms with Crippen LogP contribution < -0.4 is 0 Å². The van der Waals surface area contributed by atoms with Crippen LogP contribution in [0.5, 0.6) is 0 Å². The van der Waals surface area contributed by atoms with E-state index in [1.165, 1.54) is 51.6 Å². The molecular weight excluding hydrogens is 340 g/mol. The summed E-state index contributed by atoms with van der Waals surface area (Å²) in [6.07, 6.45) is 6.41. The third-order valence-corrected chi connectivity index (χ3v) is 5.06. The summed E-state index contributed by atoms with van der Waals surface area (Å²) in [5.74, 6) is 0. The van der Waals surface area contributed by atoms with Crippen LogP contribution in [0.2, 0.25) is 0 Å². The Morgan fingerprint density at radius 2 is 1.12 bits per heavy atom. The number of benzene rings is 4. The number of hydrogen-bond acceptors (Lipinski definition) is 1. The summed E-state index contributed by atoms with van der Waals surface area (Å²) in [7, 11) is 0. The average molecular weight is 365 g/mol. The highest BCUT2D eigenvalue weighted by Gasteiger charge is 2.05. The fourth-order valence-corrected chi connectivity index (χ4v) is 3.67. The normalized spacial score (nSPS) is 11.0. The molecule has 0 aliphatic carbocycles. The molecule has 0 N–H and O–H groups in total. The van der Waals surface area contributed by atoms with Gasteiger partial charge in [-0.15, -0.1) is 0 Å². The van der Waals surface area contributed by atoms with E-state index in [-0.39, 0.29) is 5.24 Å². The second kappa shape index (κ2) is 9.00. The van der Waals surface area contributed by atoms with Gasteiger partial charge in [0, 0.05) is 6.42 Å². The molecule has 4 aromatic carbocycles. The molecule has 1 nitrogen and oxygen atoms in total. The predicted molar refractivity (Wildman–Crippen MR) is 114 cm³/mol. The van der Waals surface area contributed by atoms with E-state index < -0.39 is 0 Å². The SMILES string of the molecule is CCCCCCCC(=O)Cl.c1cc2ccc3cccc4ccc(c1)c2c34. The maximum absolute atomic E-state index is 10.2. The van der Waals surface area contributed by atoms with Gasteiger partial charge in [0.15, 0.2) is 0 Å². The van der Waals surface area contributed by atoms with Crippen molar-refractivity contribution in [2.75, 3.05) is 0 Å². The van der Waals surface area contributed by atoms with Crippen molar-refractivity contribution < 1.29 is 4.79 Å². The molecule has 0 heterocycles. The standard InChI is InChI=1S/C16H10.C8H15ClO/c1-3-11-7-9-13-5-2-6-14-10-8-12(4-1)15(11)16(13)14;1-2-3-4-5-6-7-8(9)10/h1-10H;2-7H2,1H3. The third-order valence-electron chi connectivity index (χ3n) is 4.87. The minimum atomic E-state index is -0.198. The van der Waals surface area contributed by atoms with Crippen LogP contribution in [0, 0.1) is 0 Å². The lowest BCUT2D eigenvalue weighted by molar-refractivity contribution is -0.111. The maximum Gasteiger partial charge on any atom is 0.221 e. The Labute approximate surface area is 160 Å². The van der Waals surface area contributed by atoms with Gasteiger partial charge >= 0.3 is 0 Å². The second-order valence-corrected chi connectivity index (χ2v) is 7.23. The van der Waals surface area contributed by atoms with Gasteiger partial charge in [0.1, 0.15) is 0 Å². The van der Waals surface area contributed by atoms with Crippen LogP contribution in [0.4, 0.5) is 0 Å². The summed E-state index contributed by atoms with van der Waals surface area (Å²) in [6.45, 7) is 2.17. The molecule has 134 valence electrons. The van der Waals surface area contributed by atoms with Gasteiger partial charge in [-0.1, -0.05) is 93.3 Å². The van der Waals surface area contributed by atoms with Crippen LogP contribution in [0.15, 0.2) is 60.7 Å². The fraction of sp³-hybridized carbons (Fsp3) is 0.292. The van der Waals surface area contributed by atoms with Gasteiger partial charge in [-0.3, -0.25) is 4.79 Å². The summed E-state index contributed by atoms with van der Waals surface area (Å²) >= 11 is 5.15. The van der Waals surface area contributed by atoms with Gasteiger partial charge < -0.3 is 0 Å². The van der Waals surface area contributed by atoms with E-state index >= 15 is 0 Å². The van der Waals surface area contributed by atoms with Crippen LogP contribution in [-0.2, 0) is 4.79 Å². The highest BCUT2D eigenvalue weighted by Crippen LogP contribution is 2.33. The molecule has 26 heavy (non-hydrogen) atoms. The van der Waals surface area contributed by atoms with Gasteiger partial charge in [0.2, 0.25) is 5.24 Å². The van der Waals surface area contributed by atoms with E-state index in [2.05, 4.69) is 67.6 Å². The second-order valence-electron chi connectivity index (χ2n) is 6.81. The van der Waals surface area contributed by atoms with Gasteiger partial charge in [0.05, 0.1) is 0 Å². The van der Waals surface area contributed by atoms with Gasteiger partial charge in [-0.25, -0.2) is 0 Å². The highest BCUT2D eigenvalue weighted by atomic mass is 35.5. The largest absolute Gasteiger partial charge is 0.281 e. The lowest BCUT2D eigenvalue weighted by Crippen LogP contribution is -1.85. The summed E-state index contributed by atoms with van der Waals surface area (Å²) < 4.78 is 0. The van der Waals surface area contributed by atoms with Crippen LogP contribution >= 0.6 is 11.6 Å². The quantitative estimate of drug-likeness (QED) is 0.194. The van der Waals surface area contributed by atoms with Crippen molar-refractivity contribution in [3.8, 4) is 0 Å². The number of unbranched alkanes of at least 4 members (excludes halogenated alkanes) is 4. The zero-order valence-electron chi connectivity index (χ0n) is 15.3. The van der Waals surface area contributed by atoms with E-state index in [4.69, 9.17) is 11.6 Å². The molecule has 0 atom stereocenters. The van der Waals surface area contributed by atoms with E-state index in [1.54, 1.807) is 0 Å². The minimum Gasteiger partial charge on any atom is -0.281 e. The Hall–Kier alpha value is -2.12. The first-order valence-electron chi connectivity index (χ1n) is 9.51. The Kier molecular flexibility index (Phi) is 6.46. The molecule has 0 saturated carbocycles. The lowest BCUT2D eigenvalue weighted by atomic mass is 9.95. The minimum absolute atomic E-state index is 0.198. The molecule has 0 bridgehead atoms. The molecule has 0 aliphatic heterocycles. The molecule has 0 saturated heterocycles. The van der Waals surface area contributed by atoms with Crippen LogP contribution in [0.1, 0.15) is 45.4 Å². The fourth-order valence-electron chi connectivity index (χ4n) is 3.54. The number of rotatable bonds is 6. The van der Waals surface area contributed by atoms with E-state index in [1.807, 2.05) is 0 Å². The van der Waals surface area contributed by atoms with Crippen LogP contribution in [-0.4, -0.2) is 5.24 Å². The van der Waals surface area contributed by atoms with Crippen molar-refractivity contribution in [1.29, 1.82) is 0 Å². The summed E-state index contributed by atoms with van der Waals surface area (Å²) in [5.41, 5.74) is 0. The number of carbonyl (C=O) groups is 1. The molecule has 0 radical (unpaired) electrons. The zero-order valence-corrected chi connectivity index (χ0v) is 16.1. The summed E-state index contributed by atoms with van der Waals surface area (Å²) in [6, 6.07) is 21.9. The van der Waals surface area contributed by atoms with Gasteiger partial charge in [-0.05, 0) is 50.3 Å². The Morgan fingerprint density at radius 3 is 1.50 bits per heavy atom. The van der Waals surface area contributed by atoms with Crippen LogP contribution in [0.25, 0.3) is 32.3 Å². The van der Waals surface area contributed by atoms with E-state index in [9.17, 15) is 4.79 Å². The van der Waals surface area contributed by atoms with Crippen molar-refractivity contribution in [3.05, 3.63) is 60.7 Å². The number of hydrogen-bond donors (Lipinski definition) is 0. The molecule has 0 aromatic heterocycles. The van der Waals surface area contributed by atoms with E-state index in [0.717, 1.165) is 12.8 Å². The molecule has 0 aliphatic rings. The molecule has 4 rings (SSSR count). The Morgan fingerprint density at radius 1 is 0.692 bits per heavy atom. The first-order chi connectivity index (χ1) is 12.7. The Bertz CT molecular complexity index is 859. The first kappa shape index (κ1) is 18.7. The Balaban J connectivity index is 0.000000172. The van der Waals surface area contributed by atoms with Crippen molar-refractivity contribution >= 4 is 49.2 Å². The third kappa shape index (κ3) is 4.34. The first-order valence-corrected chi connectivity index (χ1v) is 9.89.